The van der Waals surface area contributed by atoms with Gasteiger partial charge in [0.1, 0.15) is 6.10 Å². The lowest BCUT2D eigenvalue weighted by Gasteiger charge is -2.46. The lowest BCUT2D eigenvalue weighted by atomic mass is 9.60. The summed E-state index contributed by atoms with van der Waals surface area (Å²) in [6.07, 6.45) is 6.14. The lowest BCUT2D eigenvalue weighted by molar-refractivity contribution is -0.150. The van der Waals surface area contributed by atoms with E-state index in [9.17, 15) is 19.5 Å². The molecule has 4 atom stereocenters. The minimum Gasteiger partial charge on any atom is -0.481 e. The van der Waals surface area contributed by atoms with Crippen LogP contribution >= 0.6 is 0 Å². The predicted molar refractivity (Wildman–Crippen MR) is 93.8 cm³/mol. The van der Waals surface area contributed by atoms with Gasteiger partial charge in [-0.15, -0.1) is 0 Å². The fraction of sp³-hybridized carbons (Fsp3) is 0.550. The molecule has 0 aliphatic heterocycles. The molecule has 0 radical (unpaired) electrons. The van der Waals surface area contributed by atoms with Crippen LogP contribution in [-0.2, 0) is 19.1 Å². The highest BCUT2D eigenvalue weighted by Crippen LogP contribution is 2.50. The molecule has 1 unspecified atom stereocenters. The van der Waals surface area contributed by atoms with E-state index >= 15 is 0 Å². The Kier molecular flexibility index (Phi) is 5.35. The number of ether oxygens (including phenoxy) is 1. The molecule has 0 amide bonds. The lowest BCUT2D eigenvalue weighted by Crippen LogP contribution is -2.43. The second-order valence-electron chi connectivity index (χ2n) is 7.22. The van der Waals surface area contributed by atoms with E-state index in [0.29, 0.717) is 24.0 Å². The smallest absolute Gasteiger partial charge is 0.333 e. The van der Waals surface area contributed by atoms with Crippen LogP contribution in [0.4, 0.5) is 0 Å². The van der Waals surface area contributed by atoms with E-state index < -0.39 is 17.3 Å². The summed E-state index contributed by atoms with van der Waals surface area (Å²) in [7, 11) is 0. The molecule has 25 heavy (non-hydrogen) atoms. The Bertz CT molecular complexity index is 697. The first-order chi connectivity index (χ1) is 11.6. The fourth-order valence-corrected chi connectivity index (χ4v) is 3.56. The van der Waals surface area contributed by atoms with Crippen LogP contribution in [0, 0.1) is 17.3 Å². The zero-order chi connectivity index (χ0) is 18.9. The average Bonchev–Trinajstić information content (AvgIpc) is 2.57. The summed E-state index contributed by atoms with van der Waals surface area (Å²) >= 11 is 0. The molecule has 0 aromatic heterocycles. The Morgan fingerprint density at radius 3 is 2.64 bits per heavy atom. The molecule has 0 saturated heterocycles. The van der Waals surface area contributed by atoms with Crippen LogP contribution in [0.5, 0.6) is 0 Å². The molecule has 0 aromatic carbocycles. The van der Waals surface area contributed by atoms with Gasteiger partial charge in [0.2, 0.25) is 0 Å². The standard InChI is InChI=1S/C20H26O5/c1-6-11(2)19(24)25-17-8-7-14-9-16(21)15(12(3)18(22)23)10-20(14,5)13(17)4/h6,9-10,12-13,17H,7-8H2,1-5H3,(H,22,23)/b11-6-/t12?,13-,17-,20+/m0/s1. The Hall–Kier alpha value is -2.17. The first kappa shape index (κ1) is 19.2. The highest BCUT2D eigenvalue weighted by molar-refractivity contribution is 6.08. The van der Waals surface area contributed by atoms with Crippen LogP contribution in [0.15, 0.2) is 34.9 Å². The zero-order valence-electron chi connectivity index (χ0n) is 15.5. The molecule has 0 spiro atoms. The number of ketones is 1. The van der Waals surface area contributed by atoms with Crippen LogP contribution in [0.3, 0.4) is 0 Å². The number of fused-ring (bicyclic) bond motifs is 1. The van der Waals surface area contributed by atoms with Gasteiger partial charge in [-0.25, -0.2) is 4.79 Å². The number of hydrogen-bond acceptors (Lipinski definition) is 4. The van der Waals surface area contributed by atoms with Crippen LogP contribution in [0.25, 0.3) is 0 Å². The maximum atomic E-state index is 12.3. The molecule has 0 aromatic rings. The SMILES string of the molecule is C/C=C(/C)C(=O)O[C@H]1CCC2=CC(=O)C(C(C)C(=O)O)=C[C@]2(C)[C@H]1C. The summed E-state index contributed by atoms with van der Waals surface area (Å²) in [6, 6.07) is 0. The van der Waals surface area contributed by atoms with Crippen molar-refractivity contribution in [3.8, 4) is 0 Å². The third-order valence-corrected chi connectivity index (χ3v) is 5.79. The van der Waals surface area contributed by atoms with Gasteiger partial charge in [-0.1, -0.05) is 31.6 Å². The van der Waals surface area contributed by atoms with Crippen molar-refractivity contribution in [1.82, 2.24) is 0 Å². The number of allylic oxidation sites excluding steroid dienone is 4. The third-order valence-electron chi connectivity index (χ3n) is 5.79. The number of aliphatic carboxylic acids is 1. The first-order valence-corrected chi connectivity index (χ1v) is 8.66. The molecule has 0 bridgehead atoms. The van der Waals surface area contributed by atoms with Crippen molar-refractivity contribution >= 4 is 17.7 Å². The van der Waals surface area contributed by atoms with Crippen molar-refractivity contribution in [3.63, 3.8) is 0 Å². The average molecular weight is 346 g/mol. The maximum Gasteiger partial charge on any atom is 0.333 e. The van der Waals surface area contributed by atoms with E-state index in [1.807, 2.05) is 13.8 Å². The summed E-state index contributed by atoms with van der Waals surface area (Å²) in [6.45, 7) is 9.01. The zero-order valence-corrected chi connectivity index (χ0v) is 15.5. The Labute approximate surface area is 148 Å². The van der Waals surface area contributed by atoms with Crippen molar-refractivity contribution in [2.75, 3.05) is 0 Å². The van der Waals surface area contributed by atoms with E-state index in [1.54, 1.807) is 32.1 Å². The van der Waals surface area contributed by atoms with Crippen molar-refractivity contribution in [2.24, 2.45) is 17.3 Å². The maximum absolute atomic E-state index is 12.3. The summed E-state index contributed by atoms with van der Waals surface area (Å²) in [5.74, 6) is -2.48. The number of hydrogen-bond donors (Lipinski definition) is 1. The van der Waals surface area contributed by atoms with Gasteiger partial charge >= 0.3 is 11.9 Å². The van der Waals surface area contributed by atoms with E-state index in [0.717, 1.165) is 5.57 Å². The van der Waals surface area contributed by atoms with E-state index in [4.69, 9.17) is 4.74 Å². The molecular weight excluding hydrogens is 320 g/mol. The van der Waals surface area contributed by atoms with E-state index in [1.165, 1.54) is 6.92 Å². The Morgan fingerprint density at radius 1 is 1.44 bits per heavy atom. The van der Waals surface area contributed by atoms with E-state index in [-0.39, 0.29) is 23.8 Å². The highest BCUT2D eigenvalue weighted by Gasteiger charge is 2.46. The number of esters is 1. The molecule has 5 heteroatoms. The minimum absolute atomic E-state index is 0.0507. The van der Waals surface area contributed by atoms with Crippen LogP contribution in [0.2, 0.25) is 0 Å². The minimum atomic E-state index is -1.02. The molecule has 0 heterocycles. The number of carbonyl (C=O) groups excluding carboxylic acids is 2. The van der Waals surface area contributed by atoms with Gasteiger partial charge in [0.15, 0.2) is 5.78 Å². The monoisotopic (exact) mass is 346 g/mol. The Balaban J connectivity index is 2.33. The quantitative estimate of drug-likeness (QED) is 0.623. The molecule has 1 N–H and O–H groups in total. The van der Waals surface area contributed by atoms with Crippen molar-refractivity contribution < 1.29 is 24.2 Å². The van der Waals surface area contributed by atoms with Gasteiger partial charge in [0, 0.05) is 22.5 Å². The van der Waals surface area contributed by atoms with Gasteiger partial charge in [0.25, 0.3) is 0 Å². The van der Waals surface area contributed by atoms with Crippen LogP contribution < -0.4 is 0 Å². The topological polar surface area (TPSA) is 80.7 Å². The number of carboxylic acids is 1. The number of rotatable bonds is 4. The number of carboxylic acid groups (broad SMARTS) is 1. The highest BCUT2D eigenvalue weighted by atomic mass is 16.5. The number of carbonyl (C=O) groups is 3. The first-order valence-electron chi connectivity index (χ1n) is 8.66. The van der Waals surface area contributed by atoms with Gasteiger partial charge in [-0.3, -0.25) is 9.59 Å². The van der Waals surface area contributed by atoms with Crippen molar-refractivity contribution in [2.45, 2.75) is 53.6 Å². The Morgan fingerprint density at radius 2 is 2.08 bits per heavy atom. The molecular formula is C20H26O5. The van der Waals surface area contributed by atoms with Crippen LogP contribution in [-0.4, -0.2) is 28.9 Å². The predicted octanol–water partition coefficient (Wildman–Crippen LogP) is 3.46. The second kappa shape index (κ2) is 6.98. The molecule has 2 aliphatic rings. The summed E-state index contributed by atoms with van der Waals surface area (Å²) < 4.78 is 5.68. The largest absolute Gasteiger partial charge is 0.481 e. The van der Waals surface area contributed by atoms with Gasteiger partial charge in [0.05, 0.1) is 5.92 Å². The second-order valence-corrected chi connectivity index (χ2v) is 7.22. The van der Waals surface area contributed by atoms with E-state index in [2.05, 4.69) is 0 Å². The fourth-order valence-electron chi connectivity index (χ4n) is 3.56. The molecule has 2 rings (SSSR count). The molecule has 1 fully saturated rings. The normalized spacial score (nSPS) is 30.8. The summed E-state index contributed by atoms with van der Waals surface area (Å²) in [5, 5.41) is 9.27. The van der Waals surface area contributed by atoms with Gasteiger partial charge in [-0.05, 0) is 39.7 Å². The summed E-state index contributed by atoms with van der Waals surface area (Å²) in [4.78, 5) is 35.8. The van der Waals surface area contributed by atoms with Crippen molar-refractivity contribution in [1.29, 1.82) is 0 Å². The van der Waals surface area contributed by atoms with Gasteiger partial charge in [-0.2, -0.15) is 0 Å². The third kappa shape index (κ3) is 3.46. The molecule has 2 aliphatic carbocycles. The molecule has 1 saturated carbocycles. The molecule has 136 valence electrons. The van der Waals surface area contributed by atoms with Gasteiger partial charge < -0.3 is 9.84 Å². The molecule has 5 nitrogen and oxygen atoms in total. The van der Waals surface area contributed by atoms with Crippen molar-refractivity contribution in [3.05, 3.63) is 34.9 Å². The summed E-state index contributed by atoms with van der Waals surface area (Å²) in [5.41, 5.74) is 1.37. The van der Waals surface area contributed by atoms with Crippen LogP contribution in [0.1, 0.15) is 47.5 Å².